The summed E-state index contributed by atoms with van der Waals surface area (Å²) in [6.07, 6.45) is 1.63. The second-order valence-corrected chi connectivity index (χ2v) is 4.38. The molecule has 0 aliphatic rings. The Kier molecular flexibility index (Phi) is 3.77. The van der Waals surface area contributed by atoms with E-state index in [4.69, 9.17) is 10.2 Å². The number of furan rings is 1. The molecule has 0 fully saturated rings. The van der Waals surface area contributed by atoms with Gasteiger partial charge < -0.3 is 10.2 Å². The minimum absolute atomic E-state index is 0.101. The van der Waals surface area contributed by atoms with Gasteiger partial charge in [-0.3, -0.25) is 4.79 Å². The smallest absolute Gasteiger partial charge is 0.202 e. The summed E-state index contributed by atoms with van der Waals surface area (Å²) in [6.45, 7) is 2.31. The maximum atomic E-state index is 13.0. The molecular formula is C14H16FNO2. The molecule has 2 N–H and O–H groups in total. The number of fused-ring (bicyclic) bond motifs is 1. The normalized spacial score (nSPS) is 12.8. The number of carbonyl (C=O) groups excluding carboxylic acids is 1. The zero-order valence-electron chi connectivity index (χ0n) is 10.3. The predicted molar refractivity (Wildman–Crippen MR) is 68.0 cm³/mol. The number of benzene rings is 1. The molecule has 2 aromatic rings. The minimum Gasteiger partial charge on any atom is -0.453 e. The van der Waals surface area contributed by atoms with Gasteiger partial charge in [-0.1, -0.05) is 13.3 Å². The topological polar surface area (TPSA) is 56.2 Å². The van der Waals surface area contributed by atoms with Gasteiger partial charge in [0.25, 0.3) is 0 Å². The monoisotopic (exact) mass is 249 g/mol. The SMILES string of the molecule is CCCC(CN)C(=O)c1cc2cc(F)ccc2o1. The number of hydrogen-bond acceptors (Lipinski definition) is 3. The predicted octanol–water partition coefficient (Wildman–Crippen LogP) is 3.13. The molecule has 0 saturated heterocycles. The summed E-state index contributed by atoms with van der Waals surface area (Å²) in [7, 11) is 0. The van der Waals surface area contributed by atoms with E-state index < -0.39 is 0 Å². The standard InChI is InChI=1S/C14H16FNO2/c1-2-3-9(8-16)14(17)13-7-10-6-11(15)4-5-12(10)18-13/h4-7,9H,2-3,8,16H2,1H3. The van der Waals surface area contributed by atoms with Crippen LogP contribution in [-0.4, -0.2) is 12.3 Å². The summed E-state index contributed by atoms with van der Waals surface area (Å²) < 4.78 is 18.5. The first-order valence-electron chi connectivity index (χ1n) is 6.09. The van der Waals surface area contributed by atoms with Crippen LogP contribution in [0, 0.1) is 11.7 Å². The maximum absolute atomic E-state index is 13.0. The van der Waals surface area contributed by atoms with Crippen molar-refractivity contribution in [3.63, 3.8) is 0 Å². The van der Waals surface area contributed by atoms with Crippen LogP contribution in [0.4, 0.5) is 4.39 Å². The number of rotatable bonds is 5. The van der Waals surface area contributed by atoms with Crippen LogP contribution in [0.5, 0.6) is 0 Å². The molecule has 4 heteroatoms. The van der Waals surface area contributed by atoms with Crippen molar-refractivity contribution >= 4 is 16.8 Å². The lowest BCUT2D eigenvalue weighted by Gasteiger charge is -2.09. The molecule has 96 valence electrons. The lowest BCUT2D eigenvalue weighted by Crippen LogP contribution is -2.23. The van der Waals surface area contributed by atoms with Crippen molar-refractivity contribution in [2.75, 3.05) is 6.54 Å². The van der Waals surface area contributed by atoms with E-state index in [1.807, 2.05) is 6.92 Å². The van der Waals surface area contributed by atoms with Crippen LogP contribution >= 0.6 is 0 Å². The molecule has 18 heavy (non-hydrogen) atoms. The lowest BCUT2D eigenvalue weighted by atomic mass is 9.97. The van der Waals surface area contributed by atoms with Crippen molar-refractivity contribution in [1.82, 2.24) is 0 Å². The number of ketones is 1. The molecule has 1 unspecified atom stereocenters. The van der Waals surface area contributed by atoms with Gasteiger partial charge in [0, 0.05) is 17.8 Å². The Morgan fingerprint density at radius 2 is 2.22 bits per heavy atom. The van der Waals surface area contributed by atoms with Gasteiger partial charge in [0.1, 0.15) is 11.4 Å². The molecule has 1 heterocycles. The number of carbonyl (C=O) groups is 1. The molecule has 2 rings (SSSR count). The quantitative estimate of drug-likeness (QED) is 0.828. The fourth-order valence-electron chi connectivity index (χ4n) is 2.04. The van der Waals surface area contributed by atoms with E-state index in [0.717, 1.165) is 12.8 Å². The van der Waals surface area contributed by atoms with E-state index in [2.05, 4.69) is 0 Å². The molecule has 0 amide bonds. The van der Waals surface area contributed by atoms with Crippen LogP contribution in [0.2, 0.25) is 0 Å². The van der Waals surface area contributed by atoms with E-state index in [1.54, 1.807) is 6.07 Å². The van der Waals surface area contributed by atoms with Crippen LogP contribution in [0.15, 0.2) is 28.7 Å². The van der Waals surface area contributed by atoms with Crippen LogP contribution in [0.1, 0.15) is 30.3 Å². The zero-order valence-corrected chi connectivity index (χ0v) is 10.3. The van der Waals surface area contributed by atoms with Crippen LogP contribution in [-0.2, 0) is 0 Å². The first kappa shape index (κ1) is 12.8. The van der Waals surface area contributed by atoms with E-state index in [0.29, 0.717) is 17.5 Å². The molecule has 1 aromatic heterocycles. The van der Waals surface area contributed by atoms with E-state index in [9.17, 15) is 9.18 Å². The van der Waals surface area contributed by atoms with Crippen molar-refractivity contribution < 1.29 is 13.6 Å². The van der Waals surface area contributed by atoms with Crippen molar-refractivity contribution in [1.29, 1.82) is 0 Å². The van der Waals surface area contributed by atoms with Gasteiger partial charge in [0.15, 0.2) is 5.76 Å². The van der Waals surface area contributed by atoms with Crippen LogP contribution in [0.3, 0.4) is 0 Å². The highest BCUT2D eigenvalue weighted by Crippen LogP contribution is 2.23. The Hall–Kier alpha value is -1.68. The average Bonchev–Trinajstić information content (AvgIpc) is 2.77. The van der Waals surface area contributed by atoms with Crippen molar-refractivity contribution in [3.05, 3.63) is 35.8 Å². The molecule has 0 aliphatic carbocycles. The molecule has 0 radical (unpaired) electrons. The molecule has 0 spiro atoms. The Morgan fingerprint density at radius 1 is 1.44 bits per heavy atom. The molecule has 0 saturated carbocycles. The molecule has 1 aromatic carbocycles. The summed E-state index contributed by atoms with van der Waals surface area (Å²) >= 11 is 0. The largest absolute Gasteiger partial charge is 0.453 e. The summed E-state index contributed by atoms with van der Waals surface area (Å²) in [6, 6.07) is 5.78. The molecule has 0 bridgehead atoms. The second kappa shape index (κ2) is 5.31. The molecular weight excluding hydrogens is 233 g/mol. The fourth-order valence-corrected chi connectivity index (χ4v) is 2.04. The van der Waals surface area contributed by atoms with Gasteiger partial charge in [-0.05, 0) is 30.7 Å². The van der Waals surface area contributed by atoms with Crippen LogP contribution < -0.4 is 5.73 Å². The maximum Gasteiger partial charge on any atom is 0.202 e. The number of halogens is 1. The van der Waals surface area contributed by atoms with Gasteiger partial charge in [-0.15, -0.1) is 0 Å². The third-order valence-corrected chi connectivity index (χ3v) is 3.01. The Bertz CT molecular complexity index is 562. The molecule has 3 nitrogen and oxygen atoms in total. The second-order valence-electron chi connectivity index (χ2n) is 4.38. The highest BCUT2D eigenvalue weighted by Gasteiger charge is 2.21. The first-order valence-corrected chi connectivity index (χ1v) is 6.09. The van der Waals surface area contributed by atoms with Gasteiger partial charge in [0.2, 0.25) is 5.78 Å². The lowest BCUT2D eigenvalue weighted by molar-refractivity contribution is 0.0891. The summed E-state index contributed by atoms with van der Waals surface area (Å²) in [4.78, 5) is 12.2. The van der Waals surface area contributed by atoms with Gasteiger partial charge in [0.05, 0.1) is 0 Å². The number of hydrogen-bond donors (Lipinski definition) is 1. The third kappa shape index (κ3) is 2.43. The van der Waals surface area contributed by atoms with Crippen molar-refractivity contribution in [2.45, 2.75) is 19.8 Å². The highest BCUT2D eigenvalue weighted by atomic mass is 19.1. The Labute approximate surface area is 105 Å². The molecule has 1 atom stereocenters. The summed E-state index contributed by atoms with van der Waals surface area (Å²) in [5.41, 5.74) is 6.11. The van der Waals surface area contributed by atoms with Gasteiger partial charge in [-0.25, -0.2) is 4.39 Å². The van der Waals surface area contributed by atoms with Crippen molar-refractivity contribution in [3.8, 4) is 0 Å². The van der Waals surface area contributed by atoms with E-state index in [1.165, 1.54) is 18.2 Å². The zero-order chi connectivity index (χ0) is 13.1. The van der Waals surface area contributed by atoms with Crippen LogP contribution in [0.25, 0.3) is 11.0 Å². The Balaban J connectivity index is 2.32. The number of Topliss-reactive ketones (excluding diaryl/α,β-unsaturated/α-hetero) is 1. The van der Waals surface area contributed by atoms with E-state index >= 15 is 0 Å². The minimum atomic E-state index is -0.341. The Morgan fingerprint density at radius 3 is 2.89 bits per heavy atom. The van der Waals surface area contributed by atoms with Gasteiger partial charge >= 0.3 is 0 Å². The summed E-state index contributed by atoms with van der Waals surface area (Å²) in [5, 5.41) is 0.602. The average molecular weight is 249 g/mol. The van der Waals surface area contributed by atoms with Gasteiger partial charge in [-0.2, -0.15) is 0 Å². The van der Waals surface area contributed by atoms with E-state index in [-0.39, 0.29) is 23.3 Å². The van der Waals surface area contributed by atoms with Crippen molar-refractivity contribution in [2.24, 2.45) is 11.7 Å². The number of nitrogens with two attached hydrogens (primary N) is 1. The molecule has 0 aliphatic heterocycles. The third-order valence-electron chi connectivity index (χ3n) is 3.01. The summed E-state index contributed by atoms with van der Waals surface area (Å²) in [5.74, 6) is -0.401. The highest BCUT2D eigenvalue weighted by molar-refractivity contribution is 5.99. The fraction of sp³-hybridized carbons (Fsp3) is 0.357. The first-order chi connectivity index (χ1) is 8.65.